The largest absolute Gasteiger partial charge is 0.367 e. The first-order valence-corrected chi connectivity index (χ1v) is 8.33. The molecule has 0 bridgehead atoms. The smallest absolute Gasteiger partial charge is 0.189 e. The number of hydrogen-bond donors (Lipinski definition) is 1. The molecule has 1 aromatic carbocycles. The number of anilines is 1. The van der Waals surface area contributed by atoms with Crippen LogP contribution in [0.5, 0.6) is 0 Å². The highest BCUT2D eigenvalue weighted by Gasteiger charge is 2.39. The Morgan fingerprint density at radius 2 is 2.14 bits per heavy atom. The SMILES string of the molecule is CCCSc1nccc(NC2CC2c2ccc(F)c(F)c2)n1. The van der Waals surface area contributed by atoms with Crippen LogP contribution in [-0.2, 0) is 0 Å². The van der Waals surface area contributed by atoms with Crippen LogP contribution in [0.25, 0.3) is 0 Å². The summed E-state index contributed by atoms with van der Waals surface area (Å²) in [5.41, 5.74) is 0.825. The molecule has 1 aromatic heterocycles. The summed E-state index contributed by atoms with van der Waals surface area (Å²) in [4.78, 5) is 8.68. The number of halogens is 2. The number of nitrogens with zero attached hydrogens (tertiary/aromatic N) is 2. The van der Waals surface area contributed by atoms with Crippen molar-refractivity contribution in [2.24, 2.45) is 0 Å². The third kappa shape index (κ3) is 3.55. The minimum absolute atomic E-state index is 0.205. The molecule has 0 spiro atoms. The fourth-order valence-electron chi connectivity index (χ4n) is 2.34. The Labute approximate surface area is 132 Å². The molecular weight excluding hydrogens is 304 g/mol. The normalized spacial score (nSPS) is 20.0. The molecule has 116 valence electrons. The summed E-state index contributed by atoms with van der Waals surface area (Å²) in [5.74, 6) is 0.385. The summed E-state index contributed by atoms with van der Waals surface area (Å²) in [6.45, 7) is 2.12. The van der Waals surface area contributed by atoms with Gasteiger partial charge in [-0.3, -0.25) is 0 Å². The van der Waals surface area contributed by atoms with Gasteiger partial charge in [-0.15, -0.1) is 0 Å². The topological polar surface area (TPSA) is 37.8 Å². The molecule has 0 amide bonds. The summed E-state index contributed by atoms with van der Waals surface area (Å²) >= 11 is 1.63. The van der Waals surface area contributed by atoms with Gasteiger partial charge in [0, 0.05) is 23.9 Å². The third-order valence-corrected chi connectivity index (χ3v) is 4.63. The van der Waals surface area contributed by atoms with Crippen LogP contribution in [0, 0.1) is 11.6 Å². The van der Waals surface area contributed by atoms with Crippen molar-refractivity contribution in [2.45, 2.75) is 36.9 Å². The van der Waals surface area contributed by atoms with E-state index in [1.807, 2.05) is 6.07 Å². The molecule has 1 saturated carbocycles. The van der Waals surface area contributed by atoms with Crippen molar-refractivity contribution in [2.75, 3.05) is 11.1 Å². The van der Waals surface area contributed by atoms with Crippen molar-refractivity contribution in [3.63, 3.8) is 0 Å². The number of thioether (sulfide) groups is 1. The zero-order chi connectivity index (χ0) is 15.5. The van der Waals surface area contributed by atoms with E-state index in [-0.39, 0.29) is 12.0 Å². The average Bonchev–Trinajstić information content (AvgIpc) is 3.27. The summed E-state index contributed by atoms with van der Waals surface area (Å²) in [6, 6.07) is 6.15. The first-order valence-electron chi connectivity index (χ1n) is 7.34. The molecule has 1 heterocycles. The third-order valence-electron chi connectivity index (χ3n) is 3.56. The second-order valence-electron chi connectivity index (χ2n) is 5.34. The lowest BCUT2D eigenvalue weighted by molar-refractivity contribution is 0.507. The maximum atomic E-state index is 13.3. The summed E-state index contributed by atoms with van der Waals surface area (Å²) in [6.07, 6.45) is 3.71. The van der Waals surface area contributed by atoms with Gasteiger partial charge < -0.3 is 5.32 Å². The quantitative estimate of drug-likeness (QED) is 0.638. The van der Waals surface area contributed by atoms with Crippen LogP contribution in [0.2, 0.25) is 0 Å². The van der Waals surface area contributed by atoms with E-state index in [4.69, 9.17) is 0 Å². The standard InChI is InChI=1S/C16H17F2N3S/c1-2-7-22-16-19-6-5-15(21-16)20-14-9-11(14)10-3-4-12(17)13(18)8-10/h3-6,8,11,14H,2,7,9H2,1H3,(H,19,20,21). The number of nitrogens with one attached hydrogen (secondary N) is 1. The maximum absolute atomic E-state index is 13.3. The second-order valence-corrected chi connectivity index (χ2v) is 6.40. The van der Waals surface area contributed by atoms with Gasteiger partial charge in [-0.1, -0.05) is 24.8 Å². The minimum atomic E-state index is -0.803. The van der Waals surface area contributed by atoms with E-state index >= 15 is 0 Å². The van der Waals surface area contributed by atoms with Crippen molar-refractivity contribution >= 4 is 17.6 Å². The highest BCUT2D eigenvalue weighted by Crippen LogP contribution is 2.42. The van der Waals surface area contributed by atoms with Crippen LogP contribution in [0.4, 0.5) is 14.6 Å². The van der Waals surface area contributed by atoms with Crippen LogP contribution in [0.15, 0.2) is 35.6 Å². The monoisotopic (exact) mass is 321 g/mol. The molecule has 2 atom stereocenters. The molecule has 2 aromatic rings. The first kappa shape index (κ1) is 15.2. The molecule has 3 nitrogen and oxygen atoms in total. The number of benzene rings is 1. The van der Waals surface area contributed by atoms with Crippen LogP contribution in [0.1, 0.15) is 31.2 Å². The van der Waals surface area contributed by atoms with Crippen LogP contribution in [0.3, 0.4) is 0 Å². The fourth-order valence-corrected chi connectivity index (χ4v) is 3.02. The zero-order valence-electron chi connectivity index (χ0n) is 12.2. The molecule has 2 unspecified atom stereocenters. The molecule has 1 N–H and O–H groups in total. The van der Waals surface area contributed by atoms with Gasteiger partial charge in [0.25, 0.3) is 0 Å². The lowest BCUT2D eigenvalue weighted by Crippen LogP contribution is -2.06. The molecule has 6 heteroatoms. The molecule has 0 radical (unpaired) electrons. The van der Waals surface area contributed by atoms with E-state index in [2.05, 4.69) is 22.2 Å². The molecule has 3 rings (SSSR count). The predicted octanol–water partition coefficient (Wildman–Crippen LogP) is 4.22. The van der Waals surface area contributed by atoms with E-state index in [0.717, 1.165) is 35.1 Å². The average molecular weight is 321 g/mol. The van der Waals surface area contributed by atoms with Crippen LogP contribution in [-0.4, -0.2) is 21.8 Å². The van der Waals surface area contributed by atoms with Gasteiger partial charge in [0.15, 0.2) is 16.8 Å². The Bertz CT molecular complexity index is 666. The Morgan fingerprint density at radius 1 is 1.27 bits per heavy atom. The Balaban J connectivity index is 1.62. The van der Waals surface area contributed by atoms with Gasteiger partial charge in [0.2, 0.25) is 0 Å². The van der Waals surface area contributed by atoms with E-state index in [1.165, 1.54) is 12.1 Å². The minimum Gasteiger partial charge on any atom is -0.367 e. The number of rotatable bonds is 6. The molecule has 1 aliphatic rings. The Kier molecular flexibility index (Phi) is 4.57. The van der Waals surface area contributed by atoms with Gasteiger partial charge in [0.05, 0.1) is 0 Å². The highest BCUT2D eigenvalue weighted by molar-refractivity contribution is 7.99. The van der Waals surface area contributed by atoms with Crippen molar-refractivity contribution in [3.8, 4) is 0 Å². The van der Waals surface area contributed by atoms with Crippen molar-refractivity contribution in [1.29, 1.82) is 0 Å². The van der Waals surface area contributed by atoms with E-state index in [1.54, 1.807) is 24.0 Å². The van der Waals surface area contributed by atoms with E-state index < -0.39 is 11.6 Å². The molecule has 0 saturated heterocycles. The summed E-state index contributed by atoms with van der Waals surface area (Å²) < 4.78 is 26.2. The molecule has 1 aliphatic carbocycles. The maximum Gasteiger partial charge on any atom is 0.189 e. The fraction of sp³-hybridized carbons (Fsp3) is 0.375. The van der Waals surface area contributed by atoms with Gasteiger partial charge in [-0.2, -0.15) is 0 Å². The summed E-state index contributed by atoms with van der Waals surface area (Å²) in [5, 5.41) is 4.10. The molecular formula is C16H17F2N3S. The number of hydrogen-bond acceptors (Lipinski definition) is 4. The van der Waals surface area contributed by atoms with Gasteiger partial charge in [-0.05, 0) is 36.6 Å². The molecule has 22 heavy (non-hydrogen) atoms. The van der Waals surface area contributed by atoms with Gasteiger partial charge in [-0.25, -0.2) is 18.7 Å². The van der Waals surface area contributed by atoms with Crippen molar-refractivity contribution in [3.05, 3.63) is 47.7 Å². The van der Waals surface area contributed by atoms with E-state index in [9.17, 15) is 8.78 Å². The molecule has 0 aliphatic heterocycles. The van der Waals surface area contributed by atoms with Crippen LogP contribution >= 0.6 is 11.8 Å². The van der Waals surface area contributed by atoms with Crippen molar-refractivity contribution < 1.29 is 8.78 Å². The zero-order valence-corrected chi connectivity index (χ0v) is 13.0. The summed E-state index contributed by atoms with van der Waals surface area (Å²) in [7, 11) is 0. The molecule has 1 fully saturated rings. The Morgan fingerprint density at radius 3 is 2.91 bits per heavy atom. The number of aromatic nitrogens is 2. The lowest BCUT2D eigenvalue weighted by Gasteiger charge is -2.06. The van der Waals surface area contributed by atoms with Gasteiger partial charge in [0.1, 0.15) is 5.82 Å². The van der Waals surface area contributed by atoms with Gasteiger partial charge >= 0.3 is 0 Å². The van der Waals surface area contributed by atoms with Crippen molar-refractivity contribution in [1.82, 2.24) is 9.97 Å². The second kappa shape index (κ2) is 6.60. The Hall–Kier alpha value is -1.69. The lowest BCUT2D eigenvalue weighted by atomic mass is 10.1. The van der Waals surface area contributed by atoms with Crippen LogP contribution < -0.4 is 5.32 Å². The first-order chi connectivity index (χ1) is 10.7. The van der Waals surface area contributed by atoms with E-state index in [0.29, 0.717) is 0 Å². The predicted molar refractivity (Wildman–Crippen MR) is 84.2 cm³/mol. The highest BCUT2D eigenvalue weighted by atomic mass is 32.2.